The van der Waals surface area contributed by atoms with Crippen molar-refractivity contribution in [3.05, 3.63) is 75.9 Å². The molecule has 0 saturated carbocycles. The van der Waals surface area contributed by atoms with Crippen LogP contribution in [0.2, 0.25) is 0 Å². The molecule has 0 aliphatic carbocycles. The average Bonchev–Trinajstić information content (AvgIpc) is 3.14. The van der Waals surface area contributed by atoms with E-state index in [1.54, 1.807) is 13.8 Å². The average molecular weight is 380 g/mol. The van der Waals surface area contributed by atoms with Gasteiger partial charge in [0.05, 0.1) is 12.1 Å². The largest absolute Gasteiger partial charge is 0.457 e. The smallest absolute Gasteiger partial charge is 0.310 e. The van der Waals surface area contributed by atoms with Crippen LogP contribution in [0.1, 0.15) is 44.3 Å². The Hall–Kier alpha value is -3.15. The van der Waals surface area contributed by atoms with Gasteiger partial charge in [-0.05, 0) is 39.3 Å². The van der Waals surface area contributed by atoms with Crippen LogP contribution in [0.4, 0.5) is 0 Å². The van der Waals surface area contributed by atoms with Crippen molar-refractivity contribution >= 4 is 11.8 Å². The van der Waals surface area contributed by atoms with Gasteiger partial charge in [-0.3, -0.25) is 9.59 Å². The Morgan fingerprint density at radius 2 is 1.82 bits per heavy atom. The van der Waals surface area contributed by atoms with Gasteiger partial charge in [0, 0.05) is 29.1 Å². The SMILES string of the molecule is Cc1noc(C)c1CC(=O)OCC(=O)c1cc(C)n(Cc2ccccc2)c1C. The Labute approximate surface area is 164 Å². The van der Waals surface area contributed by atoms with E-state index in [4.69, 9.17) is 9.26 Å². The minimum atomic E-state index is -0.471. The maximum Gasteiger partial charge on any atom is 0.310 e. The summed E-state index contributed by atoms with van der Waals surface area (Å²) < 4.78 is 12.3. The van der Waals surface area contributed by atoms with Crippen LogP contribution in [0.3, 0.4) is 0 Å². The van der Waals surface area contributed by atoms with Crippen LogP contribution in [0.15, 0.2) is 40.9 Å². The molecule has 2 aromatic heterocycles. The zero-order valence-electron chi connectivity index (χ0n) is 16.6. The molecule has 28 heavy (non-hydrogen) atoms. The van der Waals surface area contributed by atoms with Crippen molar-refractivity contribution in [2.75, 3.05) is 6.61 Å². The minimum absolute atomic E-state index is 0.0431. The standard InChI is InChI=1S/C22H24N2O4/c1-14-10-20(16(3)24(14)12-18-8-6-5-7-9-18)21(25)13-27-22(26)11-19-15(2)23-28-17(19)4/h5-10H,11-13H2,1-4H3. The summed E-state index contributed by atoms with van der Waals surface area (Å²) in [5.74, 6) is -0.0920. The third kappa shape index (κ3) is 4.22. The first-order valence-corrected chi connectivity index (χ1v) is 9.18. The van der Waals surface area contributed by atoms with E-state index in [2.05, 4.69) is 21.9 Å². The molecule has 6 heteroatoms. The van der Waals surface area contributed by atoms with Crippen molar-refractivity contribution in [1.29, 1.82) is 0 Å². The fourth-order valence-electron chi connectivity index (χ4n) is 3.27. The van der Waals surface area contributed by atoms with Gasteiger partial charge in [0.15, 0.2) is 6.61 Å². The van der Waals surface area contributed by atoms with E-state index in [1.807, 2.05) is 38.1 Å². The first-order chi connectivity index (χ1) is 13.4. The molecule has 0 N–H and O–H groups in total. The van der Waals surface area contributed by atoms with Gasteiger partial charge in [-0.25, -0.2) is 0 Å². The number of esters is 1. The molecule has 0 saturated heterocycles. The lowest BCUT2D eigenvalue weighted by Gasteiger charge is -2.10. The highest BCUT2D eigenvalue weighted by Crippen LogP contribution is 2.18. The maximum atomic E-state index is 12.6. The van der Waals surface area contributed by atoms with Crippen LogP contribution in [-0.2, 0) is 22.5 Å². The van der Waals surface area contributed by atoms with Crippen LogP contribution in [0, 0.1) is 27.7 Å². The summed E-state index contributed by atoms with van der Waals surface area (Å²) >= 11 is 0. The molecule has 0 unspecified atom stereocenters. The second-order valence-corrected chi connectivity index (χ2v) is 6.92. The minimum Gasteiger partial charge on any atom is -0.457 e. The molecule has 0 amide bonds. The second kappa shape index (κ2) is 8.25. The van der Waals surface area contributed by atoms with Crippen molar-refractivity contribution in [3.63, 3.8) is 0 Å². The van der Waals surface area contributed by atoms with Crippen molar-refractivity contribution in [2.45, 2.75) is 40.7 Å². The highest BCUT2D eigenvalue weighted by atomic mass is 16.5. The summed E-state index contributed by atoms with van der Waals surface area (Å²) in [5, 5.41) is 3.82. The lowest BCUT2D eigenvalue weighted by molar-refractivity contribution is -0.141. The van der Waals surface area contributed by atoms with Gasteiger partial charge >= 0.3 is 5.97 Å². The number of carbonyl (C=O) groups excluding carboxylic acids is 2. The molecule has 1 aromatic carbocycles. The number of Topliss-reactive ketones (excluding diaryl/α,β-unsaturated/α-hetero) is 1. The molecule has 146 valence electrons. The quantitative estimate of drug-likeness (QED) is 0.461. The van der Waals surface area contributed by atoms with E-state index in [0.29, 0.717) is 29.1 Å². The third-order valence-corrected chi connectivity index (χ3v) is 4.92. The van der Waals surface area contributed by atoms with Gasteiger partial charge in [-0.2, -0.15) is 0 Å². The number of aromatic nitrogens is 2. The Balaban J connectivity index is 1.64. The highest BCUT2D eigenvalue weighted by Gasteiger charge is 2.19. The zero-order chi connectivity index (χ0) is 20.3. The molecule has 3 rings (SSSR count). The molecule has 0 spiro atoms. The molecule has 3 aromatic rings. The van der Waals surface area contributed by atoms with Crippen molar-refractivity contribution in [1.82, 2.24) is 9.72 Å². The van der Waals surface area contributed by atoms with Crippen molar-refractivity contribution in [3.8, 4) is 0 Å². The number of benzene rings is 1. The van der Waals surface area contributed by atoms with Gasteiger partial charge in [0.2, 0.25) is 5.78 Å². The Kier molecular flexibility index (Phi) is 5.78. The van der Waals surface area contributed by atoms with E-state index in [9.17, 15) is 9.59 Å². The molecule has 0 radical (unpaired) electrons. The first kappa shape index (κ1) is 19.6. The lowest BCUT2D eigenvalue weighted by atomic mass is 10.1. The molecule has 0 atom stereocenters. The van der Waals surface area contributed by atoms with E-state index >= 15 is 0 Å². The molecular formula is C22H24N2O4. The molecule has 0 aliphatic heterocycles. The summed E-state index contributed by atoms with van der Waals surface area (Å²) in [4.78, 5) is 24.7. The molecule has 0 aliphatic rings. The van der Waals surface area contributed by atoms with E-state index in [-0.39, 0.29) is 18.8 Å². The predicted octanol–water partition coefficient (Wildman–Crippen LogP) is 3.73. The summed E-state index contributed by atoms with van der Waals surface area (Å²) in [6, 6.07) is 11.9. The normalized spacial score (nSPS) is 10.9. The predicted molar refractivity (Wildman–Crippen MR) is 104 cm³/mol. The van der Waals surface area contributed by atoms with Crippen LogP contribution in [-0.4, -0.2) is 28.1 Å². The van der Waals surface area contributed by atoms with Crippen LogP contribution in [0.25, 0.3) is 0 Å². The summed E-state index contributed by atoms with van der Waals surface area (Å²) in [7, 11) is 0. The maximum absolute atomic E-state index is 12.6. The lowest BCUT2D eigenvalue weighted by Crippen LogP contribution is -2.17. The summed E-state index contributed by atoms with van der Waals surface area (Å²) in [5.41, 5.74) is 4.97. The number of ketones is 1. The molecule has 0 bridgehead atoms. The number of carbonyl (C=O) groups is 2. The summed E-state index contributed by atoms with van der Waals surface area (Å²) in [6.07, 6.45) is 0.0431. The van der Waals surface area contributed by atoms with Gasteiger partial charge in [0.25, 0.3) is 0 Å². The van der Waals surface area contributed by atoms with Gasteiger partial charge in [-0.15, -0.1) is 0 Å². The first-order valence-electron chi connectivity index (χ1n) is 9.18. The van der Waals surface area contributed by atoms with E-state index in [0.717, 1.165) is 17.0 Å². The number of rotatable bonds is 7. The Morgan fingerprint density at radius 3 is 2.46 bits per heavy atom. The van der Waals surface area contributed by atoms with Crippen molar-refractivity contribution < 1.29 is 18.8 Å². The molecular weight excluding hydrogens is 356 g/mol. The van der Waals surface area contributed by atoms with Crippen LogP contribution >= 0.6 is 0 Å². The second-order valence-electron chi connectivity index (χ2n) is 6.92. The number of aryl methyl sites for hydroxylation is 3. The Morgan fingerprint density at radius 1 is 1.11 bits per heavy atom. The number of hydrogen-bond acceptors (Lipinski definition) is 5. The topological polar surface area (TPSA) is 74.3 Å². The zero-order valence-corrected chi connectivity index (χ0v) is 16.6. The highest BCUT2D eigenvalue weighted by molar-refractivity contribution is 5.99. The summed E-state index contributed by atoms with van der Waals surface area (Å²) in [6.45, 7) is 7.81. The number of hydrogen-bond donors (Lipinski definition) is 0. The van der Waals surface area contributed by atoms with Crippen molar-refractivity contribution in [2.24, 2.45) is 0 Å². The van der Waals surface area contributed by atoms with Crippen LogP contribution < -0.4 is 0 Å². The third-order valence-electron chi connectivity index (χ3n) is 4.92. The number of ether oxygens (including phenoxy) is 1. The van der Waals surface area contributed by atoms with Gasteiger partial charge in [-0.1, -0.05) is 35.5 Å². The van der Waals surface area contributed by atoms with E-state index in [1.165, 1.54) is 0 Å². The molecule has 2 heterocycles. The fourth-order valence-corrected chi connectivity index (χ4v) is 3.27. The van der Waals surface area contributed by atoms with Gasteiger partial charge < -0.3 is 13.8 Å². The van der Waals surface area contributed by atoms with Crippen LogP contribution in [0.5, 0.6) is 0 Å². The number of nitrogens with zero attached hydrogens (tertiary/aromatic N) is 2. The Bertz CT molecular complexity index is 980. The molecule has 0 fully saturated rings. The van der Waals surface area contributed by atoms with Gasteiger partial charge in [0.1, 0.15) is 5.76 Å². The van der Waals surface area contributed by atoms with E-state index < -0.39 is 5.97 Å². The fraction of sp³-hybridized carbons (Fsp3) is 0.318. The molecule has 6 nitrogen and oxygen atoms in total. The monoisotopic (exact) mass is 380 g/mol.